The van der Waals surface area contributed by atoms with Crippen LogP contribution in [0.25, 0.3) is 5.69 Å². The van der Waals surface area contributed by atoms with Crippen LogP contribution in [0.1, 0.15) is 54.4 Å². The summed E-state index contributed by atoms with van der Waals surface area (Å²) in [6, 6.07) is 10.8. The van der Waals surface area contributed by atoms with Crippen LogP contribution in [-0.2, 0) is 21.3 Å². The number of carbonyl (C=O) groups is 1. The number of amides is 1. The molecule has 0 unspecified atom stereocenters. The third-order valence-electron chi connectivity index (χ3n) is 5.44. The minimum Gasteiger partial charge on any atom is -0.748 e. The van der Waals surface area contributed by atoms with Crippen molar-refractivity contribution in [3.8, 4) is 5.69 Å². The number of nitrogens with one attached hydrogen (secondary N) is 1. The summed E-state index contributed by atoms with van der Waals surface area (Å²) in [4.78, 5) is 37.3. The smallest absolute Gasteiger partial charge is 0.748 e. The maximum absolute atomic E-state index is 13.3. The second kappa shape index (κ2) is 13.3. The maximum Gasteiger partial charge on any atom is 1.00 e. The molecular formula is C25H28N3NaO8S2. The molecule has 1 N–H and O–H groups in total. The number of nitro groups is 1. The average Bonchev–Trinajstić information content (AvgIpc) is 3.14. The van der Waals surface area contributed by atoms with Gasteiger partial charge in [-0.1, -0.05) is 32.9 Å². The molecule has 39 heavy (non-hydrogen) atoms. The summed E-state index contributed by atoms with van der Waals surface area (Å²) >= 11 is 1.26. The molecule has 0 aliphatic rings. The molecule has 0 saturated carbocycles. The van der Waals surface area contributed by atoms with Gasteiger partial charge in [0, 0.05) is 34.2 Å². The van der Waals surface area contributed by atoms with Gasteiger partial charge in [0.25, 0.3) is 17.2 Å². The number of hydrogen-bond acceptors (Lipinski definition) is 9. The predicted molar refractivity (Wildman–Crippen MR) is 144 cm³/mol. The number of anilines is 1. The summed E-state index contributed by atoms with van der Waals surface area (Å²) in [5, 5.41) is 14.6. The van der Waals surface area contributed by atoms with Crippen LogP contribution >= 0.6 is 11.8 Å². The molecule has 2 aromatic carbocycles. The second-order valence-corrected chi connectivity index (χ2v) is 12.3. The van der Waals surface area contributed by atoms with E-state index in [1.807, 2.05) is 33.8 Å². The fourth-order valence-electron chi connectivity index (χ4n) is 3.70. The Balaban J connectivity index is 0.00000533. The second-order valence-electron chi connectivity index (χ2n) is 9.70. The number of hydrogen-bond donors (Lipinski definition) is 1. The van der Waals surface area contributed by atoms with Crippen LogP contribution in [0.5, 0.6) is 0 Å². The molecule has 3 aromatic rings. The summed E-state index contributed by atoms with van der Waals surface area (Å²) in [5.74, 6) is -0.254. The molecule has 0 aliphatic heterocycles. The van der Waals surface area contributed by atoms with Gasteiger partial charge in [0.15, 0.2) is 5.69 Å². The summed E-state index contributed by atoms with van der Waals surface area (Å²) in [5.41, 5.74) is -0.0663. The van der Waals surface area contributed by atoms with Crippen molar-refractivity contribution in [2.45, 2.75) is 45.3 Å². The van der Waals surface area contributed by atoms with Gasteiger partial charge in [0.05, 0.1) is 20.6 Å². The Hall–Kier alpha value is -2.42. The third kappa shape index (κ3) is 8.78. The molecule has 204 valence electrons. The molecular weight excluding hydrogens is 557 g/mol. The third-order valence-corrected chi connectivity index (χ3v) is 7.30. The van der Waals surface area contributed by atoms with Crippen LogP contribution in [0.4, 0.5) is 11.4 Å². The minimum absolute atomic E-state index is 0. The van der Waals surface area contributed by atoms with Crippen LogP contribution in [0.2, 0.25) is 0 Å². The van der Waals surface area contributed by atoms with Crippen molar-refractivity contribution >= 4 is 39.2 Å². The molecule has 0 fully saturated rings. The fraction of sp³-hybridized carbons (Fsp3) is 0.360. The quantitative estimate of drug-likeness (QED) is 0.122. The normalized spacial score (nSPS) is 11.6. The van der Waals surface area contributed by atoms with E-state index in [4.69, 9.17) is 4.52 Å². The molecule has 3 rings (SSSR count). The Labute approximate surface area is 252 Å². The minimum atomic E-state index is -4.32. The zero-order valence-electron chi connectivity index (χ0n) is 22.3. The Bertz CT molecular complexity index is 1520. The van der Waals surface area contributed by atoms with Crippen molar-refractivity contribution in [3.05, 3.63) is 85.4 Å². The Morgan fingerprint density at radius 2 is 1.87 bits per heavy atom. The van der Waals surface area contributed by atoms with Gasteiger partial charge in [-0.05, 0) is 48.9 Å². The number of benzene rings is 2. The number of nitrogens with zero attached hydrogens (tertiary/aromatic N) is 2. The molecule has 0 radical (unpaired) electrons. The molecule has 0 bridgehead atoms. The van der Waals surface area contributed by atoms with E-state index in [1.54, 1.807) is 18.2 Å². The van der Waals surface area contributed by atoms with E-state index in [1.165, 1.54) is 23.9 Å². The SMILES string of the molecule is Cc1cccc(NC(=O)c2ccc(-n3oc(C(C)(C)C)c(CSCCCS(=O)(=O)[O-])c3=O)c([N+](=O)[O-])c2)c1.[Na+]. The summed E-state index contributed by atoms with van der Waals surface area (Å²) in [6.07, 6.45) is 0.130. The Morgan fingerprint density at radius 1 is 1.18 bits per heavy atom. The van der Waals surface area contributed by atoms with E-state index in [0.717, 1.165) is 16.4 Å². The average molecular weight is 586 g/mol. The number of thioether (sulfide) groups is 1. The molecule has 0 atom stereocenters. The van der Waals surface area contributed by atoms with Crippen LogP contribution in [0, 0.1) is 17.0 Å². The molecule has 0 spiro atoms. The Morgan fingerprint density at radius 3 is 2.46 bits per heavy atom. The summed E-state index contributed by atoms with van der Waals surface area (Å²) < 4.78 is 39.1. The molecule has 0 saturated heterocycles. The van der Waals surface area contributed by atoms with Gasteiger partial charge >= 0.3 is 29.6 Å². The maximum atomic E-state index is 13.3. The number of aromatic nitrogens is 1. The van der Waals surface area contributed by atoms with Crippen molar-refractivity contribution in [1.29, 1.82) is 0 Å². The number of carbonyl (C=O) groups excluding carboxylic acids is 1. The first-order valence-corrected chi connectivity index (χ1v) is 14.3. The van der Waals surface area contributed by atoms with E-state index in [2.05, 4.69) is 5.32 Å². The molecule has 1 heterocycles. The first-order valence-electron chi connectivity index (χ1n) is 11.6. The van der Waals surface area contributed by atoms with Crippen LogP contribution in [0.15, 0.2) is 51.8 Å². The zero-order valence-corrected chi connectivity index (χ0v) is 26.0. The first-order chi connectivity index (χ1) is 17.7. The van der Waals surface area contributed by atoms with Gasteiger partial charge in [-0.25, -0.2) is 8.42 Å². The number of aryl methyl sites for hydroxylation is 1. The van der Waals surface area contributed by atoms with Gasteiger partial charge in [0.2, 0.25) is 0 Å². The van der Waals surface area contributed by atoms with Gasteiger partial charge in [0.1, 0.15) is 5.76 Å². The first kappa shape index (κ1) is 32.8. The van der Waals surface area contributed by atoms with Gasteiger partial charge < -0.3 is 14.4 Å². The Kier molecular flexibility index (Phi) is 11.2. The monoisotopic (exact) mass is 585 g/mol. The van der Waals surface area contributed by atoms with Crippen molar-refractivity contribution < 1.29 is 56.8 Å². The van der Waals surface area contributed by atoms with E-state index in [9.17, 15) is 32.7 Å². The van der Waals surface area contributed by atoms with Crippen molar-refractivity contribution in [2.75, 3.05) is 16.8 Å². The van der Waals surface area contributed by atoms with Crippen LogP contribution in [0.3, 0.4) is 0 Å². The number of rotatable bonds is 10. The molecule has 14 heteroatoms. The molecule has 1 amide bonds. The standard InChI is InChI=1S/C25H29N3O8S2.Na/c1-16-7-5-8-18(13-16)26-23(29)17-9-10-20(21(14-17)28(31)32)27-24(30)19(22(36-27)25(2,3)4)15-37-11-6-12-38(33,34)35;/h5,7-10,13-14H,6,11-12,15H2,1-4H3,(H,26,29)(H,33,34,35);/q;+1/p-1. The van der Waals surface area contributed by atoms with Crippen molar-refractivity contribution in [2.24, 2.45) is 0 Å². The summed E-state index contributed by atoms with van der Waals surface area (Å²) in [6.45, 7) is 7.33. The molecule has 1 aromatic heterocycles. The molecule has 11 nitrogen and oxygen atoms in total. The summed E-state index contributed by atoms with van der Waals surface area (Å²) in [7, 11) is -4.32. The largest absolute Gasteiger partial charge is 1.00 e. The van der Waals surface area contributed by atoms with E-state index >= 15 is 0 Å². The van der Waals surface area contributed by atoms with E-state index in [0.29, 0.717) is 17.2 Å². The zero-order chi connectivity index (χ0) is 28.3. The van der Waals surface area contributed by atoms with E-state index in [-0.39, 0.29) is 58.5 Å². The van der Waals surface area contributed by atoms with Crippen molar-refractivity contribution in [3.63, 3.8) is 0 Å². The van der Waals surface area contributed by atoms with Gasteiger partial charge in [-0.3, -0.25) is 19.7 Å². The number of nitro benzene ring substituents is 1. The molecule has 0 aliphatic carbocycles. The van der Waals surface area contributed by atoms with Crippen molar-refractivity contribution in [1.82, 2.24) is 4.74 Å². The van der Waals surface area contributed by atoms with Gasteiger partial charge in [-0.2, -0.15) is 11.8 Å². The fourth-order valence-corrected chi connectivity index (χ4v) is 5.34. The van der Waals surface area contributed by atoms with Gasteiger partial charge in [-0.15, -0.1) is 4.74 Å². The van der Waals surface area contributed by atoms with Crippen LogP contribution in [-0.4, -0.2) is 40.0 Å². The predicted octanol–water partition coefficient (Wildman–Crippen LogP) is 1.37. The van der Waals surface area contributed by atoms with Crippen LogP contribution < -0.4 is 40.4 Å². The van der Waals surface area contributed by atoms with E-state index < -0.39 is 43.4 Å². The topological polar surface area (TPSA) is 165 Å².